The molecule has 0 bridgehead atoms. The zero-order valence-corrected chi connectivity index (χ0v) is 13.5. The van der Waals surface area contributed by atoms with E-state index in [1.54, 1.807) is 11.0 Å². The van der Waals surface area contributed by atoms with Crippen LogP contribution in [0.25, 0.3) is 0 Å². The molecule has 1 atom stereocenters. The standard InChI is InChI=1S/C17H25NO4/c1-16(2,3)22-15(20)18-10-6-9-17(21,12-18)14-8-5-4-7-13(14)11-19/h4-5,7-8,19,21H,6,9-12H2,1-3H3. The molecule has 1 heterocycles. The minimum Gasteiger partial charge on any atom is -0.444 e. The summed E-state index contributed by atoms with van der Waals surface area (Å²) in [5, 5.41) is 20.5. The lowest BCUT2D eigenvalue weighted by Crippen LogP contribution is -2.50. The minimum atomic E-state index is -1.14. The summed E-state index contributed by atoms with van der Waals surface area (Å²) in [6, 6.07) is 7.26. The van der Waals surface area contributed by atoms with Crippen LogP contribution in [0.5, 0.6) is 0 Å². The van der Waals surface area contributed by atoms with Crippen LogP contribution in [0.1, 0.15) is 44.7 Å². The maximum Gasteiger partial charge on any atom is 0.410 e. The third kappa shape index (κ3) is 3.78. The van der Waals surface area contributed by atoms with Crippen LogP contribution in [0.4, 0.5) is 4.79 Å². The molecule has 1 saturated heterocycles. The number of piperidine rings is 1. The third-order valence-electron chi connectivity index (χ3n) is 3.81. The van der Waals surface area contributed by atoms with Crippen molar-refractivity contribution in [1.29, 1.82) is 0 Å². The maximum atomic E-state index is 12.2. The molecule has 22 heavy (non-hydrogen) atoms. The first-order valence-corrected chi connectivity index (χ1v) is 7.65. The number of hydrogen-bond acceptors (Lipinski definition) is 4. The van der Waals surface area contributed by atoms with Crippen LogP contribution in [0, 0.1) is 0 Å². The molecular formula is C17H25NO4. The van der Waals surface area contributed by atoms with E-state index in [0.29, 0.717) is 30.5 Å². The van der Waals surface area contributed by atoms with Gasteiger partial charge in [0.05, 0.1) is 13.2 Å². The Morgan fingerprint density at radius 3 is 2.68 bits per heavy atom. The van der Waals surface area contributed by atoms with Gasteiger partial charge >= 0.3 is 6.09 Å². The van der Waals surface area contributed by atoms with Crippen LogP contribution in [-0.2, 0) is 16.9 Å². The zero-order valence-electron chi connectivity index (χ0n) is 13.5. The van der Waals surface area contributed by atoms with Crippen LogP contribution >= 0.6 is 0 Å². The number of carbonyl (C=O) groups is 1. The molecule has 5 heteroatoms. The summed E-state index contributed by atoms with van der Waals surface area (Å²) in [5.41, 5.74) is -0.328. The topological polar surface area (TPSA) is 70.0 Å². The van der Waals surface area contributed by atoms with E-state index in [1.807, 2.05) is 39.0 Å². The number of carbonyl (C=O) groups excluding carboxylic acids is 1. The van der Waals surface area contributed by atoms with Crippen molar-refractivity contribution < 1.29 is 19.7 Å². The van der Waals surface area contributed by atoms with Crippen molar-refractivity contribution in [2.24, 2.45) is 0 Å². The molecule has 5 nitrogen and oxygen atoms in total. The van der Waals surface area contributed by atoms with Gasteiger partial charge in [0.2, 0.25) is 0 Å². The van der Waals surface area contributed by atoms with Crippen molar-refractivity contribution in [2.45, 2.75) is 51.4 Å². The molecule has 1 aliphatic heterocycles. The predicted octanol–water partition coefficient (Wildman–Crippen LogP) is 2.40. The van der Waals surface area contributed by atoms with Gasteiger partial charge in [0.15, 0.2) is 0 Å². The van der Waals surface area contributed by atoms with Crippen molar-refractivity contribution in [2.75, 3.05) is 13.1 Å². The lowest BCUT2D eigenvalue weighted by molar-refractivity contribution is -0.0474. The number of β-amino-alcohol motifs (C(OH)–C–C–N with tert-alkyl or cyclic N) is 1. The summed E-state index contributed by atoms with van der Waals surface area (Å²) in [6.07, 6.45) is 0.839. The Bertz CT molecular complexity index is 538. The number of rotatable bonds is 2. The molecule has 0 spiro atoms. The summed E-state index contributed by atoms with van der Waals surface area (Å²) in [7, 11) is 0. The van der Waals surface area contributed by atoms with Crippen LogP contribution in [0.15, 0.2) is 24.3 Å². The van der Waals surface area contributed by atoms with Crippen LogP contribution in [-0.4, -0.2) is 39.9 Å². The van der Waals surface area contributed by atoms with Gasteiger partial charge in [-0.1, -0.05) is 24.3 Å². The highest BCUT2D eigenvalue weighted by molar-refractivity contribution is 5.68. The van der Waals surface area contributed by atoms with Gasteiger partial charge < -0.3 is 19.8 Å². The number of ether oxygens (including phenoxy) is 1. The van der Waals surface area contributed by atoms with Crippen LogP contribution in [0.2, 0.25) is 0 Å². The molecule has 1 fully saturated rings. The second kappa shape index (κ2) is 6.26. The maximum absolute atomic E-state index is 12.2. The Labute approximate surface area is 131 Å². The first kappa shape index (κ1) is 16.8. The second-order valence-corrected chi connectivity index (χ2v) is 6.85. The molecule has 0 saturated carbocycles. The smallest absolute Gasteiger partial charge is 0.410 e. The Morgan fingerprint density at radius 2 is 2.05 bits per heavy atom. The first-order valence-electron chi connectivity index (χ1n) is 7.65. The number of likely N-dealkylation sites (tertiary alicyclic amines) is 1. The summed E-state index contributed by atoms with van der Waals surface area (Å²) in [4.78, 5) is 13.8. The average Bonchev–Trinajstić information content (AvgIpc) is 2.45. The number of hydrogen-bond donors (Lipinski definition) is 2. The fourth-order valence-electron chi connectivity index (χ4n) is 2.85. The molecule has 2 N–H and O–H groups in total. The highest BCUT2D eigenvalue weighted by atomic mass is 16.6. The minimum absolute atomic E-state index is 0.134. The molecule has 1 aromatic carbocycles. The molecular weight excluding hydrogens is 282 g/mol. The molecule has 1 aliphatic rings. The quantitative estimate of drug-likeness (QED) is 0.880. The number of aliphatic hydroxyl groups excluding tert-OH is 1. The summed E-state index contributed by atoms with van der Waals surface area (Å²) in [6.45, 7) is 6.08. The number of aliphatic hydroxyl groups is 2. The van der Waals surface area contributed by atoms with Crippen molar-refractivity contribution >= 4 is 6.09 Å². The summed E-state index contributed by atoms with van der Waals surface area (Å²) in [5.74, 6) is 0. The molecule has 0 radical (unpaired) electrons. The van der Waals surface area contributed by atoms with E-state index in [1.165, 1.54) is 0 Å². The lowest BCUT2D eigenvalue weighted by atomic mass is 9.83. The van der Waals surface area contributed by atoms with Gasteiger partial charge in [-0.3, -0.25) is 0 Å². The van der Waals surface area contributed by atoms with Gasteiger partial charge in [0.1, 0.15) is 11.2 Å². The predicted molar refractivity (Wildman–Crippen MR) is 83.3 cm³/mol. The average molecular weight is 307 g/mol. The van der Waals surface area contributed by atoms with Gasteiger partial charge in [0, 0.05) is 6.54 Å². The Hall–Kier alpha value is -1.59. The van der Waals surface area contributed by atoms with Gasteiger partial charge in [0.25, 0.3) is 0 Å². The number of nitrogens with zero attached hydrogens (tertiary/aromatic N) is 1. The fourth-order valence-corrected chi connectivity index (χ4v) is 2.85. The number of benzene rings is 1. The number of amides is 1. The van der Waals surface area contributed by atoms with Crippen molar-refractivity contribution in [1.82, 2.24) is 4.90 Å². The van der Waals surface area contributed by atoms with Crippen LogP contribution < -0.4 is 0 Å². The van der Waals surface area contributed by atoms with E-state index < -0.39 is 17.3 Å². The molecule has 0 aromatic heterocycles. The van der Waals surface area contributed by atoms with Gasteiger partial charge in [-0.2, -0.15) is 0 Å². The molecule has 1 unspecified atom stereocenters. The van der Waals surface area contributed by atoms with E-state index in [-0.39, 0.29) is 13.2 Å². The highest BCUT2D eigenvalue weighted by Crippen LogP contribution is 2.34. The molecule has 0 aliphatic carbocycles. The second-order valence-electron chi connectivity index (χ2n) is 6.85. The monoisotopic (exact) mass is 307 g/mol. The summed E-state index contributed by atoms with van der Waals surface area (Å²) < 4.78 is 5.39. The normalized spacial score (nSPS) is 22.5. The Morgan fingerprint density at radius 1 is 1.36 bits per heavy atom. The molecule has 1 aromatic rings. The summed E-state index contributed by atoms with van der Waals surface area (Å²) >= 11 is 0. The zero-order chi connectivity index (χ0) is 16.4. The highest BCUT2D eigenvalue weighted by Gasteiger charge is 2.39. The van der Waals surface area contributed by atoms with Crippen molar-refractivity contribution in [3.63, 3.8) is 0 Å². The van der Waals surface area contributed by atoms with E-state index in [9.17, 15) is 15.0 Å². The first-order chi connectivity index (χ1) is 10.2. The lowest BCUT2D eigenvalue weighted by Gasteiger charge is -2.40. The third-order valence-corrected chi connectivity index (χ3v) is 3.81. The largest absolute Gasteiger partial charge is 0.444 e. The van der Waals surface area contributed by atoms with Crippen LogP contribution in [0.3, 0.4) is 0 Å². The molecule has 122 valence electrons. The van der Waals surface area contributed by atoms with Gasteiger partial charge in [-0.05, 0) is 44.7 Å². The van der Waals surface area contributed by atoms with E-state index in [4.69, 9.17) is 4.74 Å². The fraction of sp³-hybridized carbons (Fsp3) is 0.588. The molecule has 2 rings (SSSR count). The van der Waals surface area contributed by atoms with Crippen molar-refractivity contribution in [3.8, 4) is 0 Å². The molecule has 1 amide bonds. The van der Waals surface area contributed by atoms with E-state index in [2.05, 4.69) is 0 Å². The Kier molecular flexibility index (Phi) is 4.78. The van der Waals surface area contributed by atoms with Gasteiger partial charge in [-0.15, -0.1) is 0 Å². The van der Waals surface area contributed by atoms with Crippen molar-refractivity contribution in [3.05, 3.63) is 35.4 Å². The van der Waals surface area contributed by atoms with E-state index >= 15 is 0 Å². The van der Waals surface area contributed by atoms with Gasteiger partial charge in [-0.25, -0.2) is 4.79 Å². The van der Waals surface area contributed by atoms with E-state index in [0.717, 1.165) is 0 Å². The Balaban J connectivity index is 2.20. The SMILES string of the molecule is CC(C)(C)OC(=O)N1CCCC(O)(c2ccccc2CO)C1.